The summed E-state index contributed by atoms with van der Waals surface area (Å²) in [5, 5.41) is 0.201. The summed E-state index contributed by atoms with van der Waals surface area (Å²) in [5.74, 6) is 0. The van der Waals surface area contributed by atoms with Crippen LogP contribution in [0.3, 0.4) is 0 Å². The van der Waals surface area contributed by atoms with Crippen LogP contribution in [0.1, 0.15) is 60.3 Å². The monoisotopic (exact) mass is 354 g/mol. The summed E-state index contributed by atoms with van der Waals surface area (Å²) in [5.41, 5.74) is -0.182. The fraction of sp³-hybridized carbons (Fsp3) is 0.800. The van der Waals surface area contributed by atoms with E-state index in [9.17, 15) is 0 Å². The SMILES string of the molecule is C=C[C@@H]1C[C@](C)(O[Si](C)(C)C(C)(C)C)C[C@H](/C=C\OCCCC)O1. The van der Waals surface area contributed by atoms with E-state index in [-0.39, 0.29) is 22.8 Å². The molecule has 0 aromatic rings. The van der Waals surface area contributed by atoms with Crippen LogP contribution in [-0.4, -0.2) is 32.7 Å². The van der Waals surface area contributed by atoms with Gasteiger partial charge >= 0.3 is 0 Å². The summed E-state index contributed by atoms with van der Waals surface area (Å²) in [6, 6.07) is 0. The lowest BCUT2D eigenvalue weighted by Gasteiger charge is -2.48. The van der Waals surface area contributed by atoms with Crippen molar-refractivity contribution < 1.29 is 13.9 Å². The van der Waals surface area contributed by atoms with Crippen molar-refractivity contribution in [1.82, 2.24) is 0 Å². The Bertz CT molecular complexity index is 425. The Hall–Kier alpha value is -0.583. The summed E-state index contributed by atoms with van der Waals surface area (Å²) in [7, 11) is -1.83. The van der Waals surface area contributed by atoms with Crippen LogP contribution >= 0.6 is 0 Å². The Labute approximate surface area is 150 Å². The van der Waals surface area contributed by atoms with E-state index < -0.39 is 8.32 Å². The first-order valence-electron chi connectivity index (χ1n) is 9.29. The van der Waals surface area contributed by atoms with Crippen molar-refractivity contribution in [1.29, 1.82) is 0 Å². The normalized spacial score (nSPS) is 29.0. The highest BCUT2D eigenvalue weighted by Gasteiger charge is 2.46. The first-order chi connectivity index (χ1) is 11.0. The second-order valence-corrected chi connectivity index (χ2v) is 13.4. The highest BCUT2D eigenvalue weighted by Crippen LogP contribution is 2.43. The standard InChI is InChI=1S/C20H38O3Si/c1-9-11-13-21-14-12-18-16-20(6,15-17(10-2)22-18)23-24(7,8)19(3,4)5/h10,12,14,17-18H,2,9,11,13,15-16H2,1,3-8H3/b14-12-/t17-,18+,20+/m1/s1. The van der Waals surface area contributed by atoms with Gasteiger partial charge in [0.05, 0.1) is 30.7 Å². The second-order valence-electron chi connectivity index (χ2n) is 8.72. The zero-order valence-corrected chi connectivity index (χ0v) is 17.9. The zero-order valence-electron chi connectivity index (χ0n) is 16.9. The van der Waals surface area contributed by atoms with Gasteiger partial charge in [0.1, 0.15) is 0 Å². The van der Waals surface area contributed by atoms with E-state index in [1.165, 1.54) is 0 Å². The summed E-state index contributed by atoms with van der Waals surface area (Å²) < 4.78 is 18.4. The van der Waals surface area contributed by atoms with Crippen LogP contribution in [0.25, 0.3) is 0 Å². The predicted octanol–water partition coefficient (Wildman–Crippen LogP) is 5.83. The Morgan fingerprint density at radius 1 is 1.25 bits per heavy atom. The van der Waals surface area contributed by atoms with E-state index in [1.54, 1.807) is 6.26 Å². The predicted molar refractivity (Wildman–Crippen MR) is 105 cm³/mol. The van der Waals surface area contributed by atoms with Crippen molar-refractivity contribution in [2.24, 2.45) is 0 Å². The van der Waals surface area contributed by atoms with E-state index in [0.29, 0.717) is 0 Å². The van der Waals surface area contributed by atoms with Crippen LogP contribution in [0, 0.1) is 0 Å². The molecule has 0 bridgehead atoms. The van der Waals surface area contributed by atoms with E-state index in [1.807, 2.05) is 12.2 Å². The Morgan fingerprint density at radius 2 is 1.88 bits per heavy atom. The van der Waals surface area contributed by atoms with Gasteiger partial charge in [-0.3, -0.25) is 0 Å². The average Bonchev–Trinajstić information content (AvgIpc) is 2.44. The van der Waals surface area contributed by atoms with E-state index in [2.05, 4.69) is 54.3 Å². The molecule has 3 nitrogen and oxygen atoms in total. The average molecular weight is 355 g/mol. The van der Waals surface area contributed by atoms with E-state index >= 15 is 0 Å². The van der Waals surface area contributed by atoms with Crippen LogP contribution in [0.15, 0.2) is 25.0 Å². The molecule has 140 valence electrons. The molecule has 1 fully saturated rings. The third-order valence-corrected chi connectivity index (χ3v) is 9.81. The molecule has 1 saturated heterocycles. The molecule has 4 heteroatoms. The van der Waals surface area contributed by atoms with Crippen molar-refractivity contribution in [2.75, 3.05) is 6.61 Å². The van der Waals surface area contributed by atoms with Crippen LogP contribution in [0.5, 0.6) is 0 Å². The van der Waals surface area contributed by atoms with Gasteiger partial charge in [0.2, 0.25) is 0 Å². The van der Waals surface area contributed by atoms with Gasteiger partial charge in [0.15, 0.2) is 8.32 Å². The summed E-state index contributed by atoms with van der Waals surface area (Å²) in [4.78, 5) is 0. The maximum atomic E-state index is 6.77. The molecule has 1 aliphatic rings. The van der Waals surface area contributed by atoms with Gasteiger partial charge in [-0.25, -0.2) is 0 Å². The summed E-state index contributed by atoms with van der Waals surface area (Å²) >= 11 is 0. The molecule has 0 saturated carbocycles. The Kier molecular flexibility index (Phi) is 7.76. The molecule has 1 aliphatic heterocycles. The zero-order chi connectivity index (χ0) is 18.4. The fourth-order valence-corrected chi connectivity index (χ4v) is 4.50. The third-order valence-electron chi connectivity index (χ3n) is 5.19. The van der Waals surface area contributed by atoms with E-state index in [4.69, 9.17) is 13.9 Å². The van der Waals surface area contributed by atoms with Crippen LogP contribution in [0.2, 0.25) is 18.1 Å². The molecule has 0 aromatic heterocycles. The first-order valence-corrected chi connectivity index (χ1v) is 12.2. The molecule has 3 atom stereocenters. The number of rotatable bonds is 8. The van der Waals surface area contributed by atoms with Crippen molar-refractivity contribution in [3.63, 3.8) is 0 Å². The third kappa shape index (κ3) is 6.38. The highest BCUT2D eigenvalue weighted by atomic mass is 28.4. The largest absolute Gasteiger partial charge is 0.501 e. The maximum Gasteiger partial charge on any atom is 0.192 e. The van der Waals surface area contributed by atoms with Gasteiger partial charge < -0.3 is 13.9 Å². The number of hydrogen-bond acceptors (Lipinski definition) is 3. The molecule has 0 N–H and O–H groups in total. The molecular formula is C20H38O3Si. The number of ether oxygens (including phenoxy) is 2. The van der Waals surface area contributed by atoms with Crippen LogP contribution in [-0.2, 0) is 13.9 Å². The molecule has 0 spiro atoms. The molecule has 1 heterocycles. The van der Waals surface area contributed by atoms with Gasteiger partial charge in [-0.1, -0.05) is 40.2 Å². The first kappa shape index (κ1) is 21.5. The Morgan fingerprint density at radius 3 is 2.42 bits per heavy atom. The van der Waals surface area contributed by atoms with Crippen molar-refractivity contribution >= 4 is 8.32 Å². The Balaban J connectivity index is 2.77. The molecule has 1 rings (SSSR count). The molecule has 0 aliphatic carbocycles. The maximum absolute atomic E-state index is 6.77. The van der Waals surface area contributed by atoms with E-state index in [0.717, 1.165) is 32.3 Å². The minimum atomic E-state index is -1.83. The van der Waals surface area contributed by atoms with Gasteiger partial charge in [0, 0.05) is 12.8 Å². The lowest BCUT2D eigenvalue weighted by Crippen LogP contribution is -2.53. The van der Waals surface area contributed by atoms with Gasteiger partial charge in [-0.05, 0) is 37.6 Å². The molecule has 0 radical (unpaired) electrons. The fourth-order valence-electron chi connectivity index (χ4n) is 2.80. The smallest absolute Gasteiger partial charge is 0.192 e. The molecular weight excluding hydrogens is 316 g/mol. The topological polar surface area (TPSA) is 27.7 Å². The van der Waals surface area contributed by atoms with Gasteiger partial charge in [-0.2, -0.15) is 0 Å². The molecule has 0 unspecified atom stereocenters. The number of unbranched alkanes of at least 4 members (excludes halogenated alkanes) is 1. The molecule has 0 aromatic carbocycles. The second kappa shape index (κ2) is 8.68. The van der Waals surface area contributed by atoms with Crippen molar-refractivity contribution in [2.45, 2.75) is 96.2 Å². The number of hydrogen-bond donors (Lipinski definition) is 0. The van der Waals surface area contributed by atoms with Crippen LogP contribution in [0.4, 0.5) is 0 Å². The van der Waals surface area contributed by atoms with Crippen LogP contribution < -0.4 is 0 Å². The minimum Gasteiger partial charge on any atom is -0.501 e. The lowest BCUT2D eigenvalue weighted by molar-refractivity contribution is -0.0968. The highest BCUT2D eigenvalue weighted by molar-refractivity contribution is 6.74. The summed E-state index contributed by atoms with van der Waals surface area (Å²) in [6.07, 6.45) is 9.70. The molecule has 0 amide bonds. The van der Waals surface area contributed by atoms with Crippen molar-refractivity contribution in [3.05, 3.63) is 25.0 Å². The van der Waals surface area contributed by atoms with Crippen molar-refractivity contribution in [3.8, 4) is 0 Å². The molecule has 24 heavy (non-hydrogen) atoms. The quantitative estimate of drug-likeness (QED) is 0.237. The van der Waals surface area contributed by atoms with Gasteiger partial charge in [-0.15, -0.1) is 6.58 Å². The summed E-state index contributed by atoms with van der Waals surface area (Å²) in [6.45, 7) is 20.6. The van der Waals surface area contributed by atoms with Gasteiger partial charge in [0.25, 0.3) is 0 Å². The lowest BCUT2D eigenvalue weighted by atomic mass is 9.88. The minimum absolute atomic E-state index is 0.0122.